The van der Waals surface area contributed by atoms with Crippen molar-refractivity contribution in [3.8, 4) is 6.07 Å². The van der Waals surface area contributed by atoms with Crippen LogP contribution < -0.4 is 5.32 Å². The number of carbonyl (C=O) groups excluding carboxylic acids is 1. The van der Waals surface area contributed by atoms with Crippen LogP contribution in [0.4, 0.5) is 0 Å². The Hall–Kier alpha value is -2.64. The van der Waals surface area contributed by atoms with Crippen LogP contribution in [0, 0.1) is 11.3 Å². The van der Waals surface area contributed by atoms with Gasteiger partial charge in [0.2, 0.25) is 5.91 Å². The van der Waals surface area contributed by atoms with E-state index in [4.69, 9.17) is 5.26 Å². The molecule has 0 bridgehead atoms. The fourth-order valence-electron chi connectivity index (χ4n) is 4.40. The van der Waals surface area contributed by atoms with Crippen LogP contribution in [0.2, 0.25) is 0 Å². The zero-order valence-corrected chi connectivity index (χ0v) is 15.5. The molecule has 4 rings (SSSR count). The summed E-state index contributed by atoms with van der Waals surface area (Å²) in [5.74, 6) is 0.155. The summed E-state index contributed by atoms with van der Waals surface area (Å²) in [6.45, 7) is 1.70. The van der Waals surface area contributed by atoms with Gasteiger partial charge in [0, 0.05) is 6.54 Å². The molecule has 0 aromatic heterocycles. The first-order valence-electron chi connectivity index (χ1n) is 9.86. The maximum absolute atomic E-state index is 13.0. The van der Waals surface area contributed by atoms with Gasteiger partial charge in [-0.2, -0.15) is 5.26 Å². The number of likely N-dealkylation sites (tertiary alicyclic amines) is 1. The molecule has 0 saturated carbocycles. The Labute approximate surface area is 160 Å². The Balaban J connectivity index is 1.43. The summed E-state index contributed by atoms with van der Waals surface area (Å²) in [5, 5.41) is 12.3. The van der Waals surface area contributed by atoms with Crippen molar-refractivity contribution < 1.29 is 4.79 Å². The second-order valence-electron chi connectivity index (χ2n) is 7.59. The Bertz CT molecular complexity index is 853. The summed E-state index contributed by atoms with van der Waals surface area (Å²) in [6, 6.07) is 18.4. The predicted molar refractivity (Wildman–Crippen MR) is 105 cm³/mol. The molecule has 0 spiro atoms. The summed E-state index contributed by atoms with van der Waals surface area (Å²) in [6.07, 6.45) is 5.22. The smallest absolute Gasteiger partial charge is 0.237 e. The van der Waals surface area contributed by atoms with Gasteiger partial charge in [0.15, 0.2) is 0 Å². The highest BCUT2D eigenvalue weighted by molar-refractivity contribution is 5.82. The van der Waals surface area contributed by atoms with Crippen LogP contribution in [0.3, 0.4) is 0 Å². The van der Waals surface area contributed by atoms with Crippen LogP contribution in [-0.4, -0.2) is 23.4 Å². The standard InChI is InChI=1S/C23H25N3O/c24-15-17-10-12-18(13-11-17)16-26-14-4-9-22(26)23(27)25-21-8-3-6-19-5-1-2-7-20(19)21/h1-2,5,7,10-13,21-22H,3-4,6,8-9,14,16H2,(H,25,27)/t21-,22-/m1/s1. The highest BCUT2D eigenvalue weighted by Gasteiger charge is 2.32. The Morgan fingerprint density at radius 2 is 1.93 bits per heavy atom. The van der Waals surface area contributed by atoms with Crippen molar-refractivity contribution in [2.45, 2.75) is 50.7 Å². The van der Waals surface area contributed by atoms with Crippen LogP contribution in [0.25, 0.3) is 0 Å². The van der Waals surface area contributed by atoms with E-state index in [0.29, 0.717) is 5.56 Å². The van der Waals surface area contributed by atoms with E-state index in [-0.39, 0.29) is 18.0 Å². The number of amides is 1. The SMILES string of the molecule is N#Cc1ccc(CN2CCC[C@@H]2C(=O)N[C@@H]2CCCc3ccccc32)cc1. The Morgan fingerprint density at radius 3 is 2.74 bits per heavy atom. The van der Waals surface area contributed by atoms with Gasteiger partial charge in [-0.25, -0.2) is 0 Å². The van der Waals surface area contributed by atoms with Crippen molar-refractivity contribution in [2.75, 3.05) is 6.54 Å². The average Bonchev–Trinajstić information content (AvgIpc) is 3.17. The van der Waals surface area contributed by atoms with Crippen molar-refractivity contribution >= 4 is 5.91 Å². The van der Waals surface area contributed by atoms with E-state index < -0.39 is 0 Å². The van der Waals surface area contributed by atoms with Crippen LogP contribution in [-0.2, 0) is 17.8 Å². The van der Waals surface area contributed by atoms with E-state index in [2.05, 4.69) is 40.6 Å². The molecule has 1 heterocycles. The second kappa shape index (κ2) is 7.94. The quantitative estimate of drug-likeness (QED) is 0.905. The number of nitriles is 1. The van der Waals surface area contributed by atoms with Gasteiger partial charge in [-0.1, -0.05) is 36.4 Å². The van der Waals surface area contributed by atoms with Crippen LogP contribution in [0.1, 0.15) is 54.0 Å². The number of nitrogens with zero attached hydrogens (tertiary/aromatic N) is 2. The van der Waals surface area contributed by atoms with Gasteiger partial charge < -0.3 is 5.32 Å². The minimum Gasteiger partial charge on any atom is -0.348 e. The van der Waals surface area contributed by atoms with E-state index >= 15 is 0 Å². The van der Waals surface area contributed by atoms with Gasteiger partial charge in [0.25, 0.3) is 0 Å². The number of fused-ring (bicyclic) bond motifs is 1. The highest BCUT2D eigenvalue weighted by Crippen LogP contribution is 2.30. The lowest BCUT2D eigenvalue weighted by Crippen LogP contribution is -2.44. The molecule has 4 heteroatoms. The number of hydrogen-bond donors (Lipinski definition) is 1. The maximum atomic E-state index is 13.0. The monoisotopic (exact) mass is 359 g/mol. The molecular weight excluding hydrogens is 334 g/mol. The molecule has 1 fully saturated rings. The van der Waals surface area contributed by atoms with Crippen molar-refractivity contribution in [1.29, 1.82) is 5.26 Å². The van der Waals surface area contributed by atoms with Crippen molar-refractivity contribution in [3.05, 3.63) is 70.8 Å². The van der Waals surface area contributed by atoms with Gasteiger partial charge in [-0.05, 0) is 67.5 Å². The van der Waals surface area contributed by atoms with E-state index in [1.807, 2.05) is 24.3 Å². The lowest BCUT2D eigenvalue weighted by atomic mass is 9.87. The summed E-state index contributed by atoms with van der Waals surface area (Å²) >= 11 is 0. The largest absolute Gasteiger partial charge is 0.348 e. The van der Waals surface area contributed by atoms with Crippen LogP contribution in [0.15, 0.2) is 48.5 Å². The summed E-state index contributed by atoms with van der Waals surface area (Å²) in [5.41, 5.74) is 4.48. The normalized spacial score (nSPS) is 22.0. The van der Waals surface area contributed by atoms with E-state index in [1.54, 1.807) is 0 Å². The zero-order valence-electron chi connectivity index (χ0n) is 15.5. The molecule has 2 atom stereocenters. The summed E-state index contributed by atoms with van der Waals surface area (Å²) in [7, 11) is 0. The number of hydrogen-bond acceptors (Lipinski definition) is 3. The van der Waals surface area contributed by atoms with Gasteiger partial charge >= 0.3 is 0 Å². The molecule has 2 aliphatic rings. The lowest BCUT2D eigenvalue weighted by Gasteiger charge is -2.30. The van der Waals surface area contributed by atoms with Crippen molar-refractivity contribution in [3.63, 3.8) is 0 Å². The number of benzene rings is 2. The molecule has 1 aliphatic heterocycles. The fraction of sp³-hybridized carbons (Fsp3) is 0.391. The molecule has 2 aromatic rings. The summed E-state index contributed by atoms with van der Waals surface area (Å²) < 4.78 is 0. The first-order valence-corrected chi connectivity index (χ1v) is 9.86. The molecule has 2 aromatic carbocycles. The Morgan fingerprint density at radius 1 is 1.11 bits per heavy atom. The molecule has 1 amide bonds. The van der Waals surface area contributed by atoms with Gasteiger partial charge in [0.1, 0.15) is 0 Å². The highest BCUT2D eigenvalue weighted by atomic mass is 16.2. The number of nitrogens with one attached hydrogen (secondary N) is 1. The third-order valence-corrected chi connectivity index (χ3v) is 5.82. The minimum atomic E-state index is -0.0604. The van der Waals surface area contributed by atoms with Crippen molar-refractivity contribution in [2.24, 2.45) is 0 Å². The van der Waals surface area contributed by atoms with Gasteiger partial charge in [-0.15, -0.1) is 0 Å². The third-order valence-electron chi connectivity index (χ3n) is 5.82. The first-order chi connectivity index (χ1) is 13.2. The summed E-state index contributed by atoms with van der Waals surface area (Å²) in [4.78, 5) is 15.3. The van der Waals surface area contributed by atoms with E-state index in [9.17, 15) is 4.79 Å². The molecule has 0 radical (unpaired) electrons. The van der Waals surface area contributed by atoms with Gasteiger partial charge in [0.05, 0.1) is 23.7 Å². The molecule has 27 heavy (non-hydrogen) atoms. The fourth-order valence-corrected chi connectivity index (χ4v) is 4.40. The van der Waals surface area contributed by atoms with Crippen LogP contribution >= 0.6 is 0 Å². The molecule has 1 aliphatic carbocycles. The van der Waals surface area contributed by atoms with Crippen LogP contribution in [0.5, 0.6) is 0 Å². The maximum Gasteiger partial charge on any atom is 0.237 e. The first kappa shape index (κ1) is 17.8. The predicted octanol–water partition coefficient (Wildman–Crippen LogP) is 3.72. The lowest BCUT2D eigenvalue weighted by molar-refractivity contribution is -0.126. The molecule has 1 saturated heterocycles. The molecule has 0 unspecified atom stereocenters. The number of carbonyl (C=O) groups is 1. The number of rotatable bonds is 4. The molecule has 138 valence electrons. The van der Waals surface area contributed by atoms with E-state index in [0.717, 1.165) is 50.8 Å². The third kappa shape index (κ3) is 3.89. The Kier molecular flexibility index (Phi) is 5.22. The minimum absolute atomic E-state index is 0.0604. The average molecular weight is 359 g/mol. The molecular formula is C23H25N3O. The van der Waals surface area contributed by atoms with Crippen molar-refractivity contribution in [1.82, 2.24) is 10.2 Å². The van der Waals surface area contributed by atoms with E-state index in [1.165, 1.54) is 11.1 Å². The second-order valence-corrected chi connectivity index (χ2v) is 7.59. The zero-order chi connectivity index (χ0) is 18.6. The van der Waals surface area contributed by atoms with Gasteiger partial charge in [-0.3, -0.25) is 9.69 Å². The number of aryl methyl sites for hydroxylation is 1. The molecule has 1 N–H and O–H groups in total. The topological polar surface area (TPSA) is 56.1 Å². The molecule has 4 nitrogen and oxygen atoms in total.